The molecule has 23 heavy (non-hydrogen) atoms. The summed E-state index contributed by atoms with van der Waals surface area (Å²) in [6.07, 6.45) is 2.68. The molecule has 0 aliphatic heterocycles. The molecule has 0 atom stereocenters. The van der Waals surface area contributed by atoms with Crippen molar-refractivity contribution in [1.29, 1.82) is 0 Å². The van der Waals surface area contributed by atoms with Crippen LogP contribution in [0.2, 0.25) is 5.02 Å². The van der Waals surface area contributed by atoms with Gasteiger partial charge in [-0.3, -0.25) is 9.20 Å². The van der Waals surface area contributed by atoms with Crippen molar-refractivity contribution in [2.45, 2.75) is 6.92 Å². The third kappa shape index (κ3) is 3.07. The van der Waals surface area contributed by atoms with Crippen LogP contribution < -0.4 is 5.56 Å². The van der Waals surface area contributed by atoms with E-state index in [9.17, 15) is 22.4 Å². The molecule has 0 spiro atoms. The first-order valence-corrected chi connectivity index (χ1v) is 6.61. The fraction of sp³-hybridized carbons (Fsp3) is 0.143. The molecule has 0 radical (unpaired) electrons. The zero-order valence-electron chi connectivity index (χ0n) is 11.7. The van der Waals surface area contributed by atoms with Crippen LogP contribution >= 0.6 is 11.6 Å². The third-order valence-electron chi connectivity index (χ3n) is 3.06. The first kappa shape index (κ1) is 17.0. The Bertz CT molecular complexity index is 907. The standard InChI is InChI=1S/C13H8ClF2N3O.CH2F2/c1-7-8(14)2-3-9(12(7)16)19-11(20)6-10(15)18-5-4-17-13(18)19;2-1-3/h2-6H,1H3;1H2. The maximum Gasteiger partial charge on any atom is 0.262 e. The number of alkyl halides is 2. The first-order valence-electron chi connectivity index (χ1n) is 6.23. The molecule has 0 bridgehead atoms. The Morgan fingerprint density at radius 3 is 2.57 bits per heavy atom. The Balaban J connectivity index is 0.000000595. The highest BCUT2D eigenvalue weighted by molar-refractivity contribution is 6.31. The molecule has 4 nitrogen and oxygen atoms in total. The third-order valence-corrected chi connectivity index (χ3v) is 3.46. The summed E-state index contributed by atoms with van der Waals surface area (Å²) in [5.74, 6) is -1.41. The lowest BCUT2D eigenvalue weighted by atomic mass is 10.2. The monoisotopic (exact) mass is 347 g/mol. The van der Waals surface area contributed by atoms with Crippen LogP contribution in [0.5, 0.6) is 0 Å². The number of hydrogen-bond donors (Lipinski definition) is 0. The molecule has 2 heterocycles. The van der Waals surface area contributed by atoms with Gasteiger partial charge in [0.25, 0.3) is 5.56 Å². The molecular weight excluding hydrogens is 338 g/mol. The topological polar surface area (TPSA) is 39.3 Å². The summed E-state index contributed by atoms with van der Waals surface area (Å²) in [5, 5.41) is 0.251. The van der Waals surface area contributed by atoms with Gasteiger partial charge >= 0.3 is 0 Å². The van der Waals surface area contributed by atoms with E-state index in [2.05, 4.69) is 4.98 Å². The van der Waals surface area contributed by atoms with Crippen LogP contribution in [0.4, 0.5) is 17.6 Å². The summed E-state index contributed by atoms with van der Waals surface area (Å²) >= 11 is 5.83. The number of nitrogens with zero attached hydrogens (tertiary/aromatic N) is 3. The SMILES string of the molecule is Cc1c(Cl)ccc(-n2c(=O)cc(F)n3ccnc23)c1F.FCF. The zero-order chi connectivity index (χ0) is 17.1. The average Bonchev–Trinajstić information content (AvgIpc) is 2.97. The molecule has 1 aromatic carbocycles. The second kappa shape index (κ2) is 6.82. The largest absolute Gasteiger partial charge is 0.269 e. The second-order valence-corrected chi connectivity index (χ2v) is 4.75. The lowest BCUT2D eigenvalue weighted by Gasteiger charge is -2.11. The van der Waals surface area contributed by atoms with Gasteiger partial charge in [0.1, 0.15) is 0 Å². The van der Waals surface area contributed by atoms with E-state index in [4.69, 9.17) is 11.6 Å². The number of aromatic nitrogens is 3. The summed E-state index contributed by atoms with van der Waals surface area (Å²) in [6.45, 7) is -0.251. The first-order chi connectivity index (χ1) is 10.9. The Labute approximate surface area is 132 Å². The van der Waals surface area contributed by atoms with E-state index in [0.717, 1.165) is 15.0 Å². The minimum Gasteiger partial charge on any atom is -0.269 e. The number of rotatable bonds is 1. The van der Waals surface area contributed by atoms with Gasteiger partial charge in [-0.05, 0) is 19.1 Å². The van der Waals surface area contributed by atoms with Crippen molar-refractivity contribution in [1.82, 2.24) is 14.0 Å². The highest BCUT2D eigenvalue weighted by atomic mass is 35.5. The van der Waals surface area contributed by atoms with Gasteiger partial charge in [0.05, 0.1) is 11.8 Å². The molecule has 0 fully saturated rings. The van der Waals surface area contributed by atoms with Gasteiger partial charge in [0.15, 0.2) is 5.82 Å². The minimum atomic E-state index is -1.75. The number of imidazole rings is 1. The summed E-state index contributed by atoms with van der Waals surface area (Å²) < 4.78 is 49.2. The van der Waals surface area contributed by atoms with Crippen LogP contribution in [-0.4, -0.2) is 20.9 Å². The summed E-state index contributed by atoms with van der Waals surface area (Å²) in [5.41, 5.74) is -0.514. The molecule has 0 saturated carbocycles. The van der Waals surface area contributed by atoms with E-state index in [1.807, 2.05) is 0 Å². The zero-order valence-corrected chi connectivity index (χ0v) is 12.5. The number of fused-ring (bicyclic) bond motifs is 1. The normalized spacial score (nSPS) is 10.5. The fourth-order valence-electron chi connectivity index (χ4n) is 2.01. The molecule has 0 aliphatic carbocycles. The molecule has 0 N–H and O–H groups in total. The van der Waals surface area contributed by atoms with E-state index in [1.54, 1.807) is 0 Å². The second-order valence-electron chi connectivity index (χ2n) is 4.34. The van der Waals surface area contributed by atoms with Crippen LogP contribution in [0.1, 0.15) is 5.56 Å². The predicted molar refractivity (Wildman–Crippen MR) is 77.5 cm³/mol. The quantitative estimate of drug-likeness (QED) is 0.498. The van der Waals surface area contributed by atoms with E-state index in [0.29, 0.717) is 0 Å². The van der Waals surface area contributed by atoms with Gasteiger partial charge in [-0.1, -0.05) is 11.6 Å². The maximum absolute atomic E-state index is 14.3. The number of halogens is 5. The van der Waals surface area contributed by atoms with Crippen molar-refractivity contribution in [2.24, 2.45) is 0 Å². The molecule has 9 heteroatoms. The molecule has 0 amide bonds. The Morgan fingerprint density at radius 1 is 1.26 bits per heavy atom. The van der Waals surface area contributed by atoms with Crippen molar-refractivity contribution in [3.05, 3.63) is 63.3 Å². The Kier molecular flexibility index (Phi) is 5.05. The molecule has 3 aromatic rings. The van der Waals surface area contributed by atoms with Gasteiger partial charge in [0, 0.05) is 23.0 Å². The van der Waals surface area contributed by atoms with Crippen molar-refractivity contribution in [2.75, 3.05) is 6.93 Å². The molecule has 122 valence electrons. The number of hydrogen-bond acceptors (Lipinski definition) is 2. The highest BCUT2D eigenvalue weighted by Gasteiger charge is 2.16. The molecule has 0 unspecified atom stereocenters. The van der Waals surface area contributed by atoms with Gasteiger partial charge in [-0.15, -0.1) is 0 Å². The highest BCUT2D eigenvalue weighted by Crippen LogP contribution is 2.24. The van der Waals surface area contributed by atoms with Crippen LogP contribution in [0, 0.1) is 18.7 Å². The maximum atomic E-state index is 14.3. The lowest BCUT2D eigenvalue weighted by molar-refractivity contribution is 0.295. The van der Waals surface area contributed by atoms with Crippen molar-refractivity contribution in [3.63, 3.8) is 0 Å². The van der Waals surface area contributed by atoms with Crippen LogP contribution in [0.15, 0.2) is 35.4 Å². The average molecular weight is 348 g/mol. The van der Waals surface area contributed by atoms with Gasteiger partial charge in [0.2, 0.25) is 18.7 Å². The Hall–Kier alpha value is -2.35. The van der Waals surface area contributed by atoms with E-state index in [1.165, 1.54) is 31.5 Å². The van der Waals surface area contributed by atoms with E-state index >= 15 is 0 Å². The molecular formula is C14H10ClF4N3O. The van der Waals surface area contributed by atoms with Crippen molar-refractivity contribution < 1.29 is 17.6 Å². The van der Waals surface area contributed by atoms with Gasteiger partial charge < -0.3 is 0 Å². The molecule has 0 aliphatic rings. The Morgan fingerprint density at radius 2 is 1.91 bits per heavy atom. The fourth-order valence-corrected chi connectivity index (χ4v) is 2.15. The molecule has 2 aromatic heterocycles. The minimum absolute atomic E-state index is 0.00405. The lowest BCUT2D eigenvalue weighted by Crippen LogP contribution is -2.22. The van der Waals surface area contributed by atoms with Crippen LogP contribution in [-0.2, 0) is 0 Å². The number of benzene rings is 1. The summed E-state index contributed by atoms with van der Waals surface area (Å²) in [4.78, 5) is 15.9. The van der Waals surface area contributed by atoms with E-state index < -0.39 is 24.3 Å². The van der Waals surface area contributed by atoms with Gasteiger partial charge in [-0.25, -0.2) is 22.7 Å². The predicted octanol–water partition coefficient (Wildman–Crippen LogP) is 3.61. The van der Waals surface area contributed by atoms with Crippen LogP contribution in [0.25, 0.3) is 11.5 Å². The summed E-state index contributed by atoms with van der Waals surface area (Å²) in [6, 6.07) is 3.61. The van der Waals surface area contributed by atoms with Crippen molar-refractivity contribution >= 4 is 17.4 Å². The summed E-state index contributed by atoms with van der Waals surface area (Å²) in [7, 11) is 0. The van der Waals surface area contributed by atoms with Gasteiger partial charge in [-0.2, -0.15) is 4.39 Å². The van der Waals surface area contributed by atoms with E-state index in [-0.39, 0.29) is 22.1 Å². The molecule has 0 saturated heterocycles. The van der Waals surface area contributed by atoms with Crippen molar-refractivity contribution in [3.8, 4) is 5.69 Å². The molecule has 3 rings (SSSR count). The smallest absolute Gasteiger partial charge is 0.262 e. The van der Waals surface area contributed by atoms with Crippen LogP contribution in [0.3, 0.4) is 0 Å².